The van der Waals surface area contributed by atoms with Crippen molar-refractivity contribution in [1.82, 2.24) is 4.98 Å². The van der Waals surface area contributed by atoms with E-state index in [9.17, 15) is 68.4 Å². The number of aromatic amines is 1. The first kappa shape index (κ1) is 85.4. The average molecular weight is 1590 g/mol. The van der Waals surface area contributed by atoms with Crippen molar-refractivity contribution in [3.05, 3.63) is 324 Å². The highest BCUT2D eigenvalue weighted by molar-refractivity contribution is 7.89. The molecule has 0 saturated heterocycles. The number of methoxy groups -OCH3 is 2. The predicted octanol–water partition coefficient (Wildman–Crippen LogP) is 14.8. The number of carboxylic acid groups (broad SMARTS) is 1. The Morgan fingerprint density at radius 3 is 1.41 bits per heavy atom. The summed E-state index contributed by atoms with van der Waals surface area (Å²) in [5.41, 5.74) is 20.2. The zero-order valence-corrected chi connectivity index (χ0v) is 65.0. The summed E-state index contributed by atoms with van der Waals surface area (Å²) in [6, 6.07) is 64.3. The molecule has 1 amide bonds. The molecule has 24 heteroatoms. The number of rotatable bonds is 28. The summed E-state index contributed by atoms with van der Waals surface area (Å²) >= 11 is 9.38. The Bertz CT molecular complexity index is 5290. The monoisotopic (exact) mass is 1590 g/mol. The van der Waals surface area contributed by atoms with Crippen LogP contribution in [0, 0.1) is 10.4 Å². The molecule has 588 valence electrons. The van der Waals surface area contributed by atoms with E-state index in [1.165, 1.54) is 18.2 Å². The summed E-state index contributed by atoms with van der Waals surface area (Å²) in [5, 5.41) is 86.2. The fraction of sp³-hybridized carbons (Fsp3) is 0.225. The van der Waals surface area contributed by atoms with Gasteiger partial charge in [-0.25, -0.2) is 13.2 Å². The first-order chi connectivity index (χ1) is 54.3. The van der Waals surface area contributed by atoms with E-state index in [1.54, 1.807) is 56.7 Å². The molecule has 0 bridgehead atoms. The molecule has 2 atom stereocenters. The number of aromatic carboxylic acids is 1. The number of sulfone groups is 1. The Morgan fingerprint density at radius 2 is 0.991 bits per heavy atom. The van der Waals surface area contributed by atoms with Crippen LogP contribution in [0.1, 0.15) is 91.6 Å². The molecule has 0 radical (unpaired) electrons. The van der Waals surface area contributed by atoms with E-state index in [2.05, 4.69) is 29.7 Å². The Balaban J connectivity index is 0.000000173. The fourth-order valence-electron chi connectivity index (χ4n) is 12.7. The molecule has 0 spiro atoms. The largest absolute Gasteiger partial charge is 0.507 e. The molecule has 3 heterocycles. The number of allylic oxidation sites excluding steroid dienone is 3. The number of carboxylic acids is 1. The Labute approximate surface area is 665 Å². The number of aromatic nitrogens is 1. The van der Waals surface area contributed by atoms with Gasteiger partial charge < -0.3 is 75.3 Å². The summed E-state index contributed by atoms with van der Waals surface area (Å²) < 4.78 is 44.6. The summed E-state index contributed by atoms with van der Waals surface area (Å²) in [7, 11) is 0.0107. The summed E-state index contributed by atoms with van der Waals surface area (Å²) in [6.45, 7) is -0.693. The van der Waals surface area contributed by atoms with Gasteiger partial charge in [-0.05, 0) is 196 Å². The first-order valence-corrected chi connectivity index (χ1v) is 39.2. The second-order valence-corrected chi connectivity index (χ2v) is 29.9. The van der Waals surface area contributed by atoms with Crippen LogP contribution in [0.15, 0.2) is 262 Å². The lowest BCUT2D eigenvalue weighted by Gasteiger charge is -2.26. The van der Waals surface area contributed by atoms with Crippen LogP contribution < -0.4 is 20.6 Å². The lowest BCUT2D eigenvalue weighted by Crippen LogP contribution is -2.22. The molecular formula is C89H90N2O19S3. The molecule has 2 unspecified atom stereocenters. The van der Waals surface area contributed by atoms with E-state index in [0.717, 1.165) is 84.5 Å². The summed E-state index contributed by atoms with van der Waals surface area (Å²) in [6.07, 6.45) is 9.60. The highest BCUT2D eigenvalue weighted by Crippen LogP contribution is 2.36. The normalized spacial score (nSPS) is 13.9. The third-order valence-electron chi connectivity index (χ3n) is 18.9. The SMILES string of the molecule is COc1ccc(-c2ccc(CCC3=C(O)C(=O)C=C(CO)C3CCCO)cc2)cc1.COc1ccc(-c2ccc(CCc3[nH]c(CO)cc(=O)c3O)cc2)cc1.CS(=O)(=O)Cc1cc(=S)c(O)c(CCc2ccc(-c3ccc(C(N)=O)cc3)cc2)o1.O=C(O)c1ccc(-c2ccc(CCC3=C(O)C(S)C=C(CO)O3)cc2)cc1. The minimum atomic E-state index is -3.28. The molecule has 12 rings (SSSR count). The third-order valence-corrected chi connectivity index (χ3v) is 20.4. The standard InChI is InChI=1S/C25H28O5.C22H21NO5S2.C21H21NO4.C21H20O5S/c1-30-21-11-9-19(10-12-21)18-7-4-17(5-8-18)6-13-23-22(3-2-14-26)20(16-27)15-24(28)25(23)29;1-30(26,27)13-18-12-20(29)21(24)19(28-18)11-4-14-2-5-15(6-3-14)16-7-9-17(10-8-16)22(23)25;1-26-18-9-7-16(8-10-18)15-5-2-14(3-6-15)4-11-19-21(25)20(24)12-17(13-23)22-19;22-12-17-11-19(27)20(23)18(26-17)10-3-13-1-4-14(5-2-13)15-6-8-16(9-7-15)21(24)25/h4-5,7-12,15,22,26-27,29H,2-3,6,13-14,16H2,1H3;2-3,5-10,12,24H,4,11,13H2,1H3,(H2,23,25);2-3,5-10,12,23,25H,4,11,13H2,1H3,(H,22,24);1-2,4-9,11,19,22-23,27H,3,10,12H2,(H,24,25). The number of nitrogens with two attached hydrogens (primary N) is 1. The van der Waals surface area contributed by atoms with Crippen LogP contribution in [0.2, 0.25) is 0 Å². The molecule has 12 N–H and O–H groups in total. The molecule has 0 saturated carbocycles. The highest BCUT2D eigenvalue weighted by Gasteiger charge is 2.30. The number of thiol groups is 1. The molecule has 2 aromatic heterocycles. The van der Waals surface area contributed by atoms with Gasteiger partial charge in [-0.3, -0.25) is 14.4 Å². The predicted molar refractivity (Wildman–Crippen MR) is 440 cm³/mol. The minimum absolute atomic E-state index is 0.0318. The maximum absolute atomic E-state index is 12.1. The third kappa shape index (κ3) is 24.4. The number of benzene rings is 8. The van der Waals surface area contributed by atoms with E-state index < -0.39 is 38.2 Å². The molecule has 1 aliphatic carbocycles. The maximum Gasteiger partial charge on any atom is 0.335 e. The van der Waals surface area contributed by atoms with Crippen LogP contribution in [0.5, 0.6) is 23.0 Å². The quantitative estimate of drug-likeness (QED) is 0.0160. The van der Waals surface area contributed by atoms with E-state index in [4.69, 9.17) is 41.7 Å². The number of carbonyl (C=O) groups excluding carboxylic acids is 2. The Kier molecular flexibility index (Phi) is 31.0. The van der Waals surface area contributed by atoms with Crippen molar-refractivity contribution in [1.29, 1.82) is 0 Å². The highest BCUT2D eigenvalue weighted by atomic mass is 32.2. The minimum Gasteiger partial charge on any atom is -0.507 e. The van der Waals surface area contributed by atoms with Gasteiger partial charge >= 0.3 is 5.97 Å². The van der Waals surface area contributed by atoms with Crippen LogP contribution >= 0.6 is 24.8 Å². The average Bonchev–Trinajstić information content (AvgIpc) is 0.779. The van der Waals surface area contributed by atoms with Crippen molar-refractivity contribution in [2.75, 3.05) is 40.3 Å². The van der Waals surface area contributed by atoms with Gasteiger partial charge in [-0.15, -0.1) is 0 Å². The molecule has 21 nitrogen and oxygen atoms in total. The molecule has 0 fully saturated rings. The second kappa shape index (κ2) is 41.1. The maximum atomic E-state index is 12.1. The van der Waals surface area contributed by atoms with Crippen molar-refractivity contribution in [3.63, 3.8) is 0 Å². The van der Waals surface area contributed by atoms with Crippen LogP contribution in [0.4, 0.5) is 0 Å². The number of amides is 1. The number of aryl methyl sites for hydroxylation is 6. The number of aliphatic hydroxyl groups is 6. The number of carbonyl (C=O) groups is 3. The molecule has 113 heavy (non-hydrogen) atoms. The Morgan fingerprint density at radius 1 is 0.558 bits per heavy atom. The molecular weight excluding hydrogens is 1500 g/mol. The fourth-order valence-corrected chi connectivity index (χ4v) is 13.9. The van der Waals surface area contributed by atoms with Gasteiger partial charge in [0, 0.05) is 48.9 Å². The van der Waals surface area contributed by atoms with Crippen LogP contribution in [0.25, 0.3) is 44.5 Å². The van der Waals surface area contributed by atoms with Gasteiger partial charge in [-0.1, -0.05) is 158 Å². The smallest absolute Gasteiger partial charge is 0.335 e. The van der Waals surface area contributed by atoms with Crippen LogP contribution in [0.3, 0.4) is 0 Å². The molecule has 8 aromatic carbocycles. The van der Waals surface area contributed by atoms with E-state index >= 15 is 0 Å². The number of H-pyrrole nitrogens is 1. The van der Waals surface area contributed by atoms with Crippen LogP contribution in [-0.4, -0.2) is 123 Å². The van der Waals surface area contributed by atoms with Crippen molar-refractivity contribution in [2.45, 2.75) is 81.8 Å². The second-order valence-electron chi connectivity index (χ2n) is 26.8. The van der Waals surface area contributed by atoms with Crippen molar-refractivity contribution in [3.8, 4) is 67.5 Å². The number of hydrogen-bond acceptors (Lipinski definition) is 20. The van der Waals surface area contributed by atoms with Crippen molar-refractivity contribution in [2.24, 2.45) is 11.7 Å². The number of hydrogen-bond donors (Lipinski definition) is 12. The van der Waals surface area contributed by atoms with E-state index in [-0.39, 0.29) is 82.7 Å². The van der Waals surface area contributed by atoms with E-state index in [1.807, 2.05) is 146 Å². The van der Waals surface area contributed by atoms with Gasteiger partial charge in [0.25, 0.3) is 0 Å². The molecule has 2 aliphatic rings. The number of aromatic hydroxyl groups is 2. The zero-order chi connectivity index (χ0) is 81.3. The van der Waals surface area contributed by atoms with Crippen molar-refractivity contribution < 1.29 is 87.4 Å². The number of ether oxygens (including phenoxy) is 3. The van der Waals surface area contributed by atoms with Gasteiger partial charge in [0.05, 0.1) is 48.5 Å². The number of nitrogens with one attached hydrogen (secondary N) is 1. The van der Waals surface area contributed by atoms with Crippen molar-refractivity contribution >= 4 is 52.3 Å². The summed E-state index contributed by atoms with van der Waals surface area (Å²) in [4.78, 5) is 48.8. The first-order valence-electron chi connectivity index (χ1n) is 36.2. The van der Waals surface area contributed by atoms with Gasteiger partial charge in [0.2, 0.25) is 17.1 Å². The lowest BCUT2D eigenvalue weighted by molar-refractivity contribution is -0.114. The van der Waals surface area contributed by atoms with E-state index in [0.29, 0.717) is 104 Å². The zero-order valence-electron chi connectivity index (χ0n) is 62.5. The summed E-state index contributed by atoms with van der Waals surface area (Å²) in [5.74, 6) is 0.0452. The molecule has 10 aromatic rings. The molecule has 1 aliphatic heterocycles. The number of pyridine rings is 1. The van der Waals surface area contributed by atoms with Gasteiger partial charge in [-0.2, -0.15) is 12.6 Å². The van der Waals surface area contributed by atoms with Gasteiger partial charge in [0.1, 0.15) is 52.7 Å². The lowest BCUT2D eigenvalue weighted by atomic mass is 9.79. The number of ketones is 1. The number of primary amides is 1. The number of aliphatic hydroxyl groups excluding tert-OH is 6. The van der Waals surface area contributed by atoms with Crippen LogP contribution in [-0.2, 0) is 70.3 Å². The topological polar surface area (TPSA) is 367 Å². The van der Waals surface area contributed by atoms with Gasteiger partial charge in [0.15, 0.2) is 27.1 Å². The Hall–Kier alpha value is -11.6.